The Morgan fingerprint density at radius 3 is 3.00 bits per heavy atom. The Morgan fingerprint density at radius 1 is 1.44 bits per heavy atom. The Kier molecular flexibility index (Phi) is 2.17. The van der Waals surface area contributed by atoms with E-state index in [2.05, 4.69) is 34.1 Å². The molecule has 16 heavy (non-hydrogen) atoms. The first-order valence-electron chi connectivity index (χ1n) is 5.80. The molecule has 3 heterocycles. The molecule has 1 aliphatic heterocycles. The average molecular weight is 216 g/mol. The first-order chi connectivity index (χ1) is 7.75. The van der Waals surface area contributed by atoms with Gasteiger partial charge < -0.3 is 10.3 Å². The van der Waals surface area contributed by atoms with E-state index in [1.54, 1.807) is 0 Å². The van der Waals surface area contributed by atoms with E-state index in [1.807, 2.05) is 12.3 Å². The second kappa shape index (κ2) is 3.56. The lowest BCUT2D eigenvalue weighted by Crippen LogP contribution is -2.17. The van der Waals surface area contributed by atoms with Gasteiger partial charge in [0.15, 0.2) is 5.65 Å². The number of rotatable bonds is 1. The molecule has 4 nitrogen and oxygen atoms in total. The van der Waals surface area contributed by atoms with E-state index in [1.165, 1.54) is 12.0 Å². The molecular weight excluding hydrogens is 200 g/mol. The standard InChI is InChI=1S/C12H16N4/c1-7-3-5-13-9(7)12-15-10-8(2)4-6-14-11(10)16-12/h4,6-7,9,13H,3,5H2,1-2H3,(H,14,15,16). The van der Waals surface area contributed by atoms with Gasteiger partial charge in [0.2, 0.25) is 0 Å². The molecule has 1 fully saturated rings. The van der Waals surface area contributed by atoms with Crippen molar-refractivity contribution in [3.05, 3.63) is 23.7 Å². The molecule has 2 aromatic heterocycles. The van der Waals surface area contributed by atoms with E-state index in [0.29, 0.717) is 12.0 Å². The smallest absolute Gasteiger partial charge is 0.178 e. The molecule has 0 bridgehead atoms. The number of nitrogens with one attached hydrogen (secondary N) is 2. The van der Waals surface area contributed by atoms with E-state index >= 15 is 0 Å². The fraction of sp³-hybridized carbons (Fsp3) is 0.500. The summed E-state index contributed by atoms with van der Waals surface area (Å²) in [5.41, 5.74) is 3.10. The Hall–Kier alpha value is -1.42. The van der Waals surface area contributed by atoms with Gasteiger partial charge in [-0.15, -0.1) is 0 Å². The fourth-order valence-corrected chi connectivity index (χ4v) is 2.40. The van der Waals surface area contributed by atoms with E-state index in [9.17, 15) is 0 Å². The minimum Gasteiger partial charge on any atom is -0.339 e. The predicted molar refractivity (Wildman–Crippen MR) is 63.2 cm³/mol. The van der Waals surface area contributed by atoms with Crippen LogP contribution in [-0.4, -0.2) is 21.5 Å². The first-order valence-corrected chi connectivity index (χ1v) is 5.80. The lowest BCUT2D eigenvalue weighted by atomic mass is 10.0. The van der Waals surface area contributed by atoms with Gasteiger partial charge in [0.25, 0.3) is 0 Å². The number of aromatic nitrogens is 3. The summed E-state index contributed by atoms with van der Waals surface area (Å²) in [6.07, 6.45) is 3.03. The normalized spacial score (nSPS) is 25.4. The molecule has 2 unspecified atom stereocenters. The number of imidazole rings is 1. The Labute approximate surface area is 94.5 Å². The maximum absolute atomic E-state index is 4.58. The van der Waals surface area contributed by atoms with Crippen LogP contribution in [0.5, 0.6) is 0 Å². The van der Waals surface area contributed by atoms with Crippen molar-refractivity contribution in [1.29, 1.82) is 0 Å². The van der Waals surface area contributed by atoms with Crippen LogP contribution in [0.1, 0.15) is 30.8 Å². The van der Waals surface area contributed by atoms with Crippen LogP contribution in [0, 0.1) is 12.8 Å². The van der Waals surface area contributed by atoms with Gasteiger partial charge in [-0.25, -0.2) is 9.97 Å². The summed E-state index contributed by atoms with van der Waals surface area (Å²) >= 11 is 0. The molecule has 2 atom stereocenters. The number of pyridine rings is 1. The van der Waals surface area contributed by atoms with Crippen LogP contribution >= 0.6 is 0 Å². The van der Waals surface area contributed by atoms with Gasteiger partial charge in [-0.1, -0.05) is 6.92 Å². The first kappa shape index (κ1) is 9.78. The summed E-state index contributed by atoms with van der Waals surface area (Å²) in [6, 6.07) is 2.36. The number of hydrogen-bond donors (Lipinski definition) is 2. The molecule has 0 spiro atoms. The summed E-state index contributed by atoms with van der Waals surface area (Å²) in [6.45, 7) is 5.42. The molecule has 2 aromatic rings. The Morgan fingerprint density at radius 2 is 2.31 bits per heavy atom. The average Bonchev–Trinajstić information content (AvgIpc) is 2.84. The van der Waals surface area contributed by atoms with Crippen LogP contribution in [0.2, 0.25) is 0 Å². The number of aromatic amines is 1. The third-order valence-corrected chi connectivity index (χ3v) is 3.45. The molecule has 1 saturated heterocycles. The van der Waals surface area contributed by atoms with Crippen LogP contribution in [0.4, 0.5) is 0 Å². The molecule has 0 amide bonds. The van der Waals surface area contributed by atoms with Crippen LogP contribution in [-0.2, 0) is 0 Å². The summed E-state index contributed by atoms with van der Waals surface area (Å²) in [7, 11) is 0. The van der Waals surface area contributed by atoms with E-state index in [4.69, 9.17) is 0 Å². The number of aryl methyl sites for hydroxylation is 1. The third kappa shape index (κ3) is 1.41. The fourth-order valence-electron chi connectivity index (χ4n) is 2.40. The molecular formula is C12H16N4. The van der Waals surface area contributed by atoms with Crippen LogP contribution in [0.3, 0.4) is 0 Å². The van der Waals surface area contributed by atoms with E-state index in [-0.39, 0.29) is 0 Å². The number of H-pyrrole nitrogens is 1. The Bertz CT molecular complexity index is 517. The van der Waals surface area contributed by atoms with Crippen LogP contribution in [0.25, 0.3) is 11.2 Å². The summed E-state index contributed by atoms with van der Waals surface area (Å²) < 4.78 is 0. The van der Waals surface area contributed by atoms with Crippen molar-refractivity contribution in [2.75, 3.05) is 6.54 Å². The van der Waals surface area contributed by atoms with Crippen molar-refractivity contribution >= 4 is 11.2 Å². The summed E-state index contributed by atoms with van der Waals surface area (Å²) in [5, 5.41) is 3.48. The molecule has 0 aromatic carbocycles. The lowest BCUT2D eigenvalue weighted by Gasteiger charge is -2.11. The van der Waals surface area contributed by atoms with Gasteiger partial charge in [0.1, 0.15) is 5.82 Å². The maximum atomic E-state index is 4.58. The lowest BCUT2D eigenvalue weighted by molar-refractivity contribution is 0.484. The highest BCUT2D eigenvalue weighted by Gasteiger charge is 2.27. The zero-order valence-corrected chi connectivity index (χ0v) is 9.62. The van der Waals surface area contributed by atoms with Crippen LogP contribution < -0.4 is 5.32 Å². The highest BCUT2D eigenvalue weighted by Crippen LogP contribution is 2.28. The molecule has 1 aliphatic rings. The zero-order chi connectivity index (χ0) is 11.1. The molecule has 2 N–H and O–H groups in total. The molecule has 3 rings (SSSR count). The zero-order valence-electron chi connectivity index (χ0n) is 9.62. The second-order valence-electron chi connectivity index (χ2n) is 4.65. The van der Waals surface area contributed by atoms with E-state index < -0.39 is 0 Å². The van der Waals surface area contributed by atoms with Crippen molar-refractivity contribution in [2.45, 2.75) is 26.3 Å². The number of hydrogen-bond acceptors (Lipinski definition) is 3. The summed E-state index contributed by atoms with van der Waals surface area (Å²) in [4.78, 5) is 12.3. The largest absolute Gasteiger partial charge is 0.339 e. The monoisotopic (exact) mass is 216 g/mol. The van der Waals surface area contributed by atoms with Gasteiger partial charge in [-0.2, -0.15) is 0 Å². The highest BCUT2D eigenvalue weighted by atomic mass is 15.1. The predicted octanol–water partition coefficient (Wildman–Crippen LogP) is 1.94. The van der Waals surface area contributed by atoms with Gasteiger partial charge in [0.05, 0.1) is 11.6 Å². The van der Waals surface area contributed by atoms with Gasteiger partial charge in [0, 0.05) is 6.20 Å². The van der Waals surface area contributed by atoms with Crippen molar-refractivity contribution < 1.29 is 0 Å². The minimum atomic E-state index is 0.355. The molecule has 0 aliphatic carbocycles. The van der Waals surface area contributed by atoms with Crippen molar-refractivity contribution in [1.82, 2.24) is 20.3 Å². The summed E-state index contributed by atoms with van der Waals surface area (Å²) in [5.74, 6) is 1.67. The van der Waals surface area contributed by atoms with Gasteiger partial charge >= 0.3 is 0 Å². The molecule has 84 valence electrons. The van der Waals surface area contributed by atoms with Crippen molar-refractivity contribution in [2.24, 2.45) is 5.92 Å². The minimum absolute atomic E-state index is 0.355. The van der Waals surface area contributed by atoms with Crippen LogP contribution in [0.15, 0.2) is 12.3 Å². The topological polar surface area (TPSA) is 53.6 Å². The van der Waals surface area contributed by atoms with E-state index in [0.717, 1.165) is 23.5 Å². The van der Waals surface area contributed by atoms with Gasteiger partial charge in [-0.05, 0) is 37.4 Å². The number of fused-ring (bicyclic) bond motifs is 1. The maximum Gasteiger partial charge on any atom is 0.178 e. The molecule has 4 heteroatoms. The van der Waals surface area contributed by atoms with Gasteiger partial charge in [-0.3, -0.25) is 0 Å². The Balaban J connectivity index is 2.08. The number of nitrogens with zero attached hydrogens (tertiary/aromatic N) is 2. The SMILES string of the molecule is Cc1ccnc2nc(C3NCCC3C)[nH]c12. The van der Waals surface area contributed by atoms with Crippen molar-refractivity contribution in [3.8, 4) is 0 Å². The quantitative estimate of drug-likeness (QED) is 0.766. The second-order valence-corrected chi connectivity index (χ2v) is 4.65. The highest BCUT2D eigenvalue weighted by molar-refractivity contribution is 5.74. The third-order valence-electron chi connectivity index (χ3n) is 3.45. The molecule has 0 saturated carbocycles. The van der Waals surface area contributed by atoms with Crippen molar-refractivity contribution in [3.63, 3.8) is 0 Å². The molecule has 0 radical (unpaired) electrons.